The maximum absolute atomic E-state index is 12.7. The molecule has 3 rings (SSSR count). The average Bonchev–Trinajstić information content (AvgIpc) is 2.97. The van der Waals surface area contributed by atoms with Crippen LogP contribution in [-0.4, -0.2) is 18.8 Å². The molecule has 2 aliphatic heterocycles. The Bertz CT molecular complexity index is 338. The lowest BCUT2D eigenvalue weighted by Gasteiger charge is -2.18. The first-order valence-corrected chi connectivity index (χ1v) is 4.54. The van der Waals surface area contributed by atoms with Gasteiger partial charge in [-0.2, -0.15) is 0 Å². The normalized spacial score (nSPS) is 35.1. The molecule has 0 N–H and O–H groups in total. The summed E-state index contributed by atoms with van der Waals surface area (Å²) in [5.41, 5.74) is 0.888. The van der Waals surface area contributed by atoms with Gasteiger partial charge in [-0.3, -0.25) is 0 Å². The quantitative estimate of drug-likeness (QED) is 0.505. The maximum Gasteiger partial charge on any atom is 0.147 e. The summed E-state index contributed by atoms with van der Waals surface area (Å²) >= 11 is 0. The molecule has 14 heavy (non-hydrogen) atoms. The van der Waals surface area contributed by atoms with E-state index in [2.05, 4.69) is 0 Å². The van der Waals surface area contributed by atoms with Crippen molar-refractivity contribution >= 4 is 0 Å². The van der Waals surface area contributed by atoms with E-state index < -0.39 is 0 Å². The van der Waals surface area contributed by atoms with E-state index in [0.29, 0.717) is 6.61 Å². The third-order valence-electron chi connectivity index (χ3n) is 2.52. The molecule has 2 saturated heterocycles. The van der Waals surface area contributed by atoms with E-state index in [0.717, 1.165) is 5.56 Å². The van der Waals surface area contributed by atoms with Crippen molar-refractivity contribution in [2.24, 2.45) is 0 Å². The van der Waals surface area contributed by atoms with Gasteiger partial charge >= 0.3 is 0 Å². The average molecular weight is 196 g/mol. The Hall–Kier alpha value is -0.970. The first-order chi connectivity index (χ1) is 6.84. The molecule has 0 spiro atoms. The van der Waals surface area contributed by atoms with Crippen LogP contribution in [0, 0.1) is 5.82 Å². The van der Waals surface area contributed by atoms with Gasteiger partial charge in [0.25, 0.3) is 0 Å². The van der Waals surface area contributed by atoms with Crippen LogP contribution in [0.25, 0.3) is 0 Å². The zero-order valence-corrected chi connectivity index (χ0v) is 7.35. The molecule has 0 bridgehead atoms. The SMILES string of the molecule is Fc1ccc([C@H]2OOC[C@H]3O[C@@H]23)cc1. The van der Waals surface area contributed by atoms with Crippen LogP contribution in [0.15, 0.2) is 24.3 Å². The first kappa shape index (κ1) is 8.35. The summed E-state index contributed by atoms with van der Waals surface area (Å²) in [4.78, 5) is 10.0. The van der Waals surface area contributed by atoms with Crippen LogP contribution in [0.2, 0.25) is 0 Å². The Balaban J connectivity index is 1.84. The van der Waals surface area contributed by atoms with E-state index in [-0.39, 0.29) is 24.1 Å². The van der Waals surface area contributed by atoms with Crippen LogP contribution in [-0.2, 0) is 14.5 Å². The lowest BCUT2D eigenvalue weighted by Crippen LogP contribution is -2.22. The molecule has 1 aromatic carbocycles. The number of benzene rings is 1. The minimum atomic E-state index is -0.251. The molecule has 3 atom stereocenters. The number of hydrogen-bond acceptors (Lipinski definition) is 3. The van der Waals surface area contributed by atoms with Gasteiger partial charge < -0.3 is 4.74 Å². The Morgan fingerprint density at radius 1 is 1.21 bits per heavy atom. The molecule has 0 radical (unpaired) electrons. The van der Waals surface area contributed by atoms with Crippen molar-refractivity contribution in [2.45, 2.75) is 18.3 Å². The van der Waals surface area contributed by atoms with Crippen LogP contribution >= 0.6 is 0 Å². The second-order valence-corrected chi connectivity index (χ2v) is 3.49. The Morgan fingerprint density at radius 3 is 2.79 bits per heavy atom. The van der Waals surface area contributed by atoms with Crippen LogP contribution in [0.1, 0.15) is 11.7 Å². The highest BCUT2D eigenvalue weighted by Crippen LogP contribution is 2.40. The maximum atomic E-state index is 12.7. The zero-order valence-electron chi connectivity index (χ0n) is 7.35. The third-order valence-corrected chi connectivity index (χ3v) is 2.52. The smallest absolute Gasteiger partial charge is 0.147 e. The number of fused-ring (bicyclic) bond motifs is 1. The minimum Gasteiger partial charge on any atom is -0.364 e. The molecule has 1 aromatic rings. The highest BCUT2D eigenvalue weighted by molar-refractivity contribution is 5.22. The Labute approximate surface area is 80.3 Å². The van der Waals surface area contributed by atoms with Crippen molar-refractivity contribution in [1.29, 1.82) is 0 Å². The molecular formula is C10H9FO3. The summed E-state index contributed by atoms with van der Waals surface area (Å²) in [6.07, 6.45) is 0.0161. The molecule has 3 nitrogen and oxygen atoms in total. The van der Waals surface area contributed by atoms with Gasteiger partial charge in [-0.15, -0.1) is 0 Å². The number of ether oxygens (including phenoxy) is 1. The predicted octanol–water partition coefficient (Wildman–Crippen LogP) is 1.60. The monoisotopic (exact) mass is 196 g/mol. The summed E-state index contributed by atoms with van der Waals surface area (Å²) in [6.45, 7) is 0.488. The topological polar surface area (TPSA) is 31.0 Å². The van der Waals surface area contributed by atoms with E-state index in [1.165, 1.54) is 12.1 Å². The zero-order chi connectivity index (χ0) is 9.54. The summed E-state index contributed by atoms with van der Waals surface area (Å²) in [6, 6.07) is 6.19. The number of epoxide rings is 1. The summed E-state index contributed by atoms with van der Waals surface area (Å²) < 4.78 is 18.0. The molecule has 0 aromatic heterocycles. The molecule has 2 heterocycles. The van der Waals surface area contributed by atoms with Crippen molar-refractivity contribution in [3.63, 3.8) is 0 Å². The summed E-state index contributed by atoms with van der Waals surface area (Å²) in [5.74, 6) is -0.251. The molecular weight excluding hydrogens is 187 g/mol. The predicted molar refractivity (Wildman–Crippen MR) is 44.8 cm³/mol. The standard InChI is InChI=1S/C10H9FO3/c11-7-3-1-6(2-4-7)9-10-8(13-10)5-12-14-9/h1-4,8-10H,5H2/t8-,9-,10-/m1/s1. The van der Waals surface area contributed by atoms with Crippen molar-refractivity contribution < 1.29 is 18.9 Å². The molecule has 0 aliphatic carbocycles. The van der Waals surface area contributed by atoms with Crippen LogP contribution in [0.5, 0.6) is 0 Å². The van der Waals surface area contributed by atoms with Crippen molar-refractivity contribution in [3.8, 4) is 0 Å². The van der Waals surface area contributed by atoms with Crippen molar-refractivity contribution in [3.05, 3.63) is 35.6 Å². The highest BCUT2D eigenvalue weighted by atomic mass is 19.1. The van der Waals surface area contributed by atoms with Crippen LogP contribution in [0.4, 0.5) is 4.39 Å². The number of hydrogen-bond donors (Lipinski definition) is 0. The van der Waals surface area contributed by atoms with Crippen molar-refractivity contribution in [2.75, 3.05) is 6.61 Å². The van der Waals surface area contributed by atoms with Gasteiger partial charge in [-0.05, 0) is 17.7 Å². The van der Waals surface area contributed by atoms with E-state index in [1.807, 2.05) is 0 Å². The minimum absolute atomic E-state index is 0.0780. The summed E-state index contributed by atoms with van der Waals surface area (Å²) in [5, 5.41) is 0. The van der Waals surface area contributed by atoms with E-state index in [9.17, 15) is 4.39 Å². The molecule has 4 heteroatoms. The highest BCUT2D eigenvalue weighted by Gasteiger charge is 2.50. The van der Waals surface area contributed by atoms with E-state index in [1.54, 1.807) is 12.1 Å². The first-order valence-electron chi connectivity index (χ1n) is 4.54. The van der Waals surface area contributed by atoms with Crippen LogP contribution in [0.3, 0.4) is 0 Å². The number of rotatable bonds is 1. The van der Waals surface area contributed by atoms with E-state index in [4.69, 9.17) is 14.5 Å². The molecule has 0 saturated carbocycles. The van der Waals surface area contributed by atoms with Gasteiger partial charge in [0.05, 0.1) is 0 Å². The molecule has 2 aliphatic rings. The fraction of sp³-hybridized carbons (Fsp3) is 0.400. The van der Waals surface area contributed by atoms with Gasteiger partial charge in [-0.1, -0.05) is 12.1 Å². The molecule has 0 amide bonds. The lowest BCUT2D eigenvalue weighted by molar-refractivity contribution is -0.339. The summed E-state index contributed by atoms with van der Waals surface area (Å²) in [7, 11) is 0. The van der Waals surface area contributed by atoms with Crippen molar-refractivity contribution in [1.82, 2.24) is 0 Å². The second-order valence-electron chi connectivity index (χ2n) is 3.49. The van der Waals surface area contributed by atoms with Gasteiger partial charge in [0.1, 0.15) is 30.7 Å². The number of halogens is 1. The fourth-order valence-corrected chi connectivity index (χ4v) is 1.69. The molecule has 2 fully saturated rings. The van der Waals surface area contributed by atoms with Gasteiger partial charge in [-0.25, -0.2) is 14.2 Å². The molecule has 74 valence electrons. The largest absolute Gasteiger partial charge is 0.364 e. The van der Waals surface area contributed by atoms with Gasteiger partial charge in [0, 0.05) is 0 Å². The lowest BCUT2D eigenvalue weighted by atomic mass is 10.0. The van der Waals surface area contributed by atoms with Gasteiger partial charge in [0.2, 0.25) is 0 Å². The van der Waals surface area contributed by atoms with E-state index >= 15 is 0 Å². The van der Waals surface area contributed by atoms with Gasteiger partial charge in [0.15, 0.2) is 0 Å². The fourth-order valence-electron chi connectivity index (χ4n) is 1.69. The Morgan fingerprint density at radius 2 is 2.00 bits per heavy atom. The second kappa shape index (κ2) is 3.02. The molecule has 0 unspecified atom stereocenters. The van der Waals surface area contributed by atoms with Crippen LogP contribution < -0.4 is 0 Å². The third kappa shape index (κ3) is 1.32. The Kier molecular flexibility index (Phi) is 1.80.